The number of ether oxygens (including phenoxy) is 4. The molecule has 3 aliphatic rings. The standard InChI is InChI=1S/C25H23N3O4/c26-24-28-25(15-31-24)20-11-16(17-3-1-9-27-13-17)5-7-22(20)32-23-8-6-18(12-21(23)25)30-14-19-4-2-10-29-19/h1,3,5-9,11-13,19H,2,4,10,14-15H2,(H2,26,28)/t19?,25-/m0/s1. The van der Waals surface area contributed by atoms with Crippen molar-refractivity contribution in [2.24, 2.45) is 10.7 Å². The summed E-state index contributed by atoms with van der Waals surface area (Å²) in [5, 5.41) is 0. The zero-order valence-corrected chi connectivity index (χ0v) is 17.5. The lowest BCUT2D eigenvalue weighted by Crippen LogP contribution is -2.31. The summed E-state index contributed by atoms with van der Waals surface area (Å²) in [4.78, 5) is 9.02. The summed E-state index contributed by atoms with van der Waals surface area (Å²) in [7, 11) is 0. The minimum atomic E-state index is -0.797. The molecule has 1 fully saturated rings. The van der Waals surface area contributed by atoms with Crippen molar-refractivity contribution in [2.45, 2.75) is 24.5 Å². The number of rotatable bonds is 4. The number of hydrogen-bond donors (Lipinski definition) is 1. The Kier molecular flexibility index (Phi) is 4.50. The summed E-state index contributed by atoms with van der Waals surface area (Å²) >= 11 is 0. The van der Waals surface area contributed by atoms with Crippen LogP contribution < -0.4 is 15.2 Å². The molecule has 2 N–H and O–H groups in total. The Balaban J connectivity index is 1.42. The molecule has 0 amide bonds. The van der Waals surface area contributed by atoms with Crippen LogP contribution in [-0.2, 0) is 15.0 Å². The molecule has 7 nitrogen and oxygen atoms in total. The summed E-state index contributed by atoms with van der Waals surface area (Å²) < 4.78 is 23.7. The summed E-state index contributed by atoms with van der Waals surface area (Å²) in [6.07, 6.45) is 5.85. The number of nitrogens with two attached hydrogens (primary N) is 1. The molecule has 3 aliphatic heterocycles. The average molecular weight is 429 g/mol. The molecule has 7 heteroatoms. The minimum absolute atomic E-state index is 0.141. The van der Waals surface area contributed by atoms with E-state index in [2.05, 4.69) is 11.1 Å². The lowest BCUT2D eigenvalue weighted by molar-refractivity contribution is 0.0678. The van der Waals surface area contributed by atoms with Crippen molar-refractivity contribution >= 4 is 6.02 Å². The fraction of sp³-hybridized carbons (Fsp3) is 0.280. The molecule has 162 valence electrons. The monoisotopic (exact) mass is 429 g/mol. The van der Waals surface area contributed by atoms with Crippen LogP contribution in [-0.4, -0.2) is 36.9 Å². The van der Waals surface area contributed by atoms with Gasteiger partial charge in [0.2, 0.25) is 0 Å². The second-order valence-electron chi connectivity index (χ2n) is 8.26. The molecule has 0 bridgehead atoms. The van der Waals surface area contributed by atoms with Crippen LogP contribution in [0.4, 0.5) is 0 Å². The quantitative estimate of drug-likeness (QED) is 0.674. The van der Waals surface area contributed by atoms with Crippen LogP contribution in [0.1, 0.15) is 24.0 Å². The molecule has 0 saturated carbocycles. The highest BCUT2D eigenvalue weighted by Gasteiger charge is 2.47. The Hall–Kier alpha value is -3.58. The Morgan fingerprint density at radius 1 is 1.06 bits per heavy atom. The third-order valence-corrected chi connectivity index (χ3v) is 6.23. The predicted octanol–water partition coefficient (Wildman–Crippen LogP) is 4.00. The van der Waals surface area contributed by atoms with Crippen molar-refractivity contribution < 1.29 is 18.9 Å². The maximum atomic E-state index is 6.26. The molecule has 2 atom stereocenters. The second-order valence-corrected chi connectivity index (χ2v) is 8.26. The van der Waals surface area contributed by atoms with E-state index in [0.717, 1.165) is 59.0 Å². The molecule has 32 heavy (non-hydrogen) atoms. The molecule has 1 aromatic heterocycles. The van der Waals surface area contributed by atoms with E-state index in [4.69, 9.17) is 29.7 Å². The smallest absolute Gasteiger partial charge is 0.283 e. The van der Waals surface area contributed by atoms with Gasteiger partial charge < -0.3 is 24.7 Å². The number of aliphatic imine (C=N–C) groups is 1. The van der Waals surface area contributed by atoms with Gasteiger partial charge in [0.1, 0.15) is 30.5 Å². The van der Waals surface area contributed by atoms with Gasteiger partial charge >= 0.3 is 0 Å². The number of benzene rings is 2. The molecular formula is C25H23N3O4. The highest BCUT2D eigenvalue weighted by atomic mass is 16.5. The average Bonchev–Trinajstić information content (AvgIpc) is 3.49. The molecular weight excluding hydrogens is 406 g/mol. The Bertz CT molecular complexity index is 1190. The van der Waals surface area contributed by atoms with Crippen LogP contribution in [0.5, 0.6) is 17.2 Å². The molecule has 3 aromatic rings. The van der Waals surface area contributed by atoms with E-state index >= 15 is 0 Å². The molecule has 0 aliphatic carbocycles. The van der Waals surface area contributed by atoms with Gasteiger partial charge in [0.25, 0.3) is 6.02 Å². The van der Waals surface area contributed by atoms with Gasteiger partial charge in [-0.2, -0.15) is 0 Å². The first kappa shape index (κ1) is 19.1. The third-order valence-electron chi connectivity index (χ3n) is 6.23. The molecule has 1 spiro atoms. The van der Waals surface area contributed by atoms with E-state index in [1.165, 1.54) is 0 Å². The van der Waals surface area contributed by atoms with Gasteiger partial charge in [-0.1, -0.05) is 12.1 Å². The SMILES string of the molecule is NC1=N[C@]2(CO1)c1cc(OCC3CCCO3)ccc1Oc1ccc(-c3cccnc3)cc12. The molecule has 2 aromatic carbocycles. The van der Waals surface area contributed by atoms with E-state index in [1.54, 1.807) is 6.20 Å². The molecule has 1 unspecified atom stereocenters. The highest BCUT2D eigenvalue weighted by Crippen LogP contribution is 2.52. The number of pyridine rings is 1. The Labute approximate surface area is 185 Å². The van der Waals surface area contributed by atoms with Gasteiger partial charge in [-0.3, -0.25) is 4.98 Å². The summed E-state index contributed by atoms with van der Waals surface area (Å²) in [5.41, 5.74) is 9.03. The predicted molar refractivity (Wildman–Crippen MR) is 119 cm³/mol. The number of amidine groups is 1. The first-order valence-corrected chi connectivity index (χ1v) is 10.8. The maximum Gasteiger partial charge on any atom is 0.283 e. The van der Waals surface area contributed by atoms with Crippen molar-refractivity contribution in [1.82, 2.24) is 4.98 Å². The molecule has 1 saturated heterocycles. The van der Waals surface area contributed by atoms with Crippen LogP contribution >= 0.6 is 0 Å². The normalized spacial score (nSPS) is 23.1. The first-order valence-electron chi connectivity index (χ1n) is 10.8. The van der Waals surface area contributed by atoms with Crippen molar-refractivity contribution in [3.63, 3.8) is 0 Å². The van der Waals surface area contributed by atoms with Crippen molar-refractivity contribution in [3.8, 4) is 28.4 Å². The number of aromatic nitrogens is 1. The minimum Gasteiger partial charge on any atom is -0.491 e. The molecule has 4 heterocycles. The van der Waals surface area contributed by atoms with E-state index in [-0.39, 0.29) is 12.1 Å². The number of fused-ring (bicyclic) bond motifs is 4. The summed E-state index contributed by atoms with van der Waals surface area (Å²) in [6, 6.07) is 16.0. The van der Waals surface area contributed by atoms with Gasteiger partial charge in [-0.15, -0.1) is 0 Å². The fourth-order valence-electron chi connectivity index (χ4n) is 4.60. The van der Waals surface area contributed by atoms with Gasteiger partial charge in [-0.05, 0) is 54.8 Å². The summed E-state index contributed by atoms with van der Waals surface area (Å²) in [5.74, 6) is 2.20. The van der Waals surface area contributed by atoms with Gasteiger partial charge in [-0.25, -0.2) is 4.99 Å². The van der Waals surface area contributed by atoms with Gasteiger partial charge in [0, 0.05) is 35.7 Å². The zero-order valence-electron chi connectivity index (χ0n) is 17.5. The van der Waals surface area contributed by atoms with Crippen molar-refractivity contribution in [1.29, 1.82) is 0 Å². The van der Waals surface area contributed by atoms with E-state index in [1.807, 2.05) is 48.7 Å². The number of nitrogens with zero attached hydrogens (tertiary/aromatic N) is 2. The second kappa shape index (κ2) is 7.53. The van der Waals surface area contributed by atoms with Crippen LogP contribution in [0.15, 0.2) is 65.9 Å². The summed E-state index contributed by atoms with van der Waals surface area (Å²) in [6.45, 7) is 1.63. The lowest BCUT2D eigenvalue weighted by atomic mass is 9.80. The van der Waals surface area contributed by atoms with Gasteiger partial charge in [0.15, 0.2) is 5.54 Å². The van der Waals surface area contributed by atoms with Crippen molar-refractivity contribution in [3.05, 3.63) is 72.1 Å². The highest BCUT2D eigenvalue weighted by molar-refractivity contribution is 5.78. The van der Waals surface area contributed by atoms with E-state index < -0.39 is 5.54 Å². The van der Waals surface area contributed by atoms with E-state index in [0.29, 0.717) is 13.2 Å². The largest absolute Gasteiger partial charge is 0.491 e. The number of hydrogen-bond acceptors (Lipinski definition) is 7. The van der Waals surface area contributed by atoms with Crippen LogP contribution in [0.3, 0.4) is 0 Å². The van der Waals surface area contributed by atoms with Crippen LogP contribution in [0.2, 0.25) is 0 Å². The lowest BCUT2D eigenvalue weighted by Gasteiger charge is -2.34. The maximum absolute atomic E-state index is 6.26. The molecule has 0 radical (unpaired) electrons. The third kappa shape index (κ3) is 3.17. The Morgan fingerprint density at radius 3 is 2.69 bits per heavy atom. The van der Waals surface area contributed by atoms with Crippen molar-refractivity contribution in [2.75, 3.05) is 19.8 Å². The van der Waals surface area contributed by atoms with E-state index in [9.17, 15) is 0 Å². The fourth-order valence-corrected chi connectivity index (χ4v) is 4.60. The topological polar surface area (TPSA) is 88.2 Å². The van der Waals surface area contributed by atoms with Gasteiger partial charge in [0.05, 0.1) is 6.10 Å². The van der Waals surface area contributed by atoms with Crippen LogP contribution in [0, 0.1) is 0 Å². The first-order chi connectivity index (χ1) is 15.7. The Morgan fingerprint density at radius 2 is 1.94 bits per heavy atom. The molecule has 6 rings (SSSR count). The van der Waals surface area contributed by atoms with Crippen LogP contribution in [0.25, 0.3) is 11.1 Å². The zero-order chi connectivity index (χ0) is 21.5.